The number of benzene rings is 2. The van der Waals surface area contributed by atoms with Crippen molar-refractivity contribution in [2.45, 2.75) is 39.7 Å². The first kappa shape index (κ1) is 22.2. The van der Waals surface area contributed by atoms with Crippen LogP contribution in [0.5, 0.6) is 17.2 Å². The largest absolute Gasteiger partial charge is 0.488 e. The molecule has 0 aliphatic rings. The van der Waals surface area contributed by atoms with Gasteiger partial charge < -0.3 is 14.8 Å². The Balaban J connectivity index is 1.71. The molecule has 0 bridgehead atoms. The Morgan fingerprint density at radius 1 is 1.03 bits per heavy atom. The Kier molecular flexibility index (Phi) is 6.49. The van der Waals surface area contributed by atoms with Crippen LogP contribution in [0.1, 0.15) is 42.6 Å². The topological polar surface area (TPSA) is 84.8 Å². The minimum Gasteiger partial charge on any atom is -0.488 e. The van der Waals surface area contributed by atoms with Crippen molar-refractivity contribution in [1.29, 1.82) is 0 Å². The molecular weight excluding hydrogens is 418 g/mol. The molecular formula is C26H27N3O4. The second kappa shape index (κ2) is 9.65. The summed E-state index contributed by atoms with van der Waals surface area (Å²) in [5.74, 6) is 1.33. The van der Waals surface area contributed by atoms with Crippen molar-refractivity contribution in [2.75, 3.05) is 5.32 Å². The predicted molar refractivity (Wildman–Crippen MR) is 129 cm³/mol. The van der Waals surface area contributed by atoms with Gasteiger partial charge in [0.25, 0.3) is 11.5 Å². The van der Waals surface area contributed by atoms with E-state index in [2.05, 4.69) is 24.3 Å². The number of carbonyl (C=O) groups excluding carboxylic acids is 1. The highest BCUT2D eigenvalue weighted by atomic mass is 16.5. The SMILES string of the molecule is CCC(CC)Oc1cc(Oc2ccccc2)c(C)cc1NC(=O)c1c(=O)[nH]n2ccccc12. The number of rotatable bonds is 8. The number of anilines is 1. The van der Waals surface area contributed by atoms with Gasteiger partial charge in [-0.2, -0.15) is 0 Å². The maximum absolute atomic E-state index is 13.1. The van der Waals surface area contributed by atoms with E-state index in [-0.39, 0.29) is 11.7 Å². The van der Waals surface area contributed by atoms with Crippen molar-refractivity contribution in [3.63, 3.8) is 0 Å². The number of nitrogens with one attached hydrogen (secondary N) is 2. The Morgan fingerprint density at radius 2 is 1.76 bits per heavy atom. The maximum Gasteiger partial charge on any atom is 0.277 e. The van der Waals surface area contributed by atoms with Gasteiger partial charge in [0.05, 0.1) is 17.3 Å². The summed E-state index contributed by atoms with van der Waals surface area (Å²) in [5.41, 5.74) is 1.40. The molecule has 33 heavy (non-hydrogen) atoms. The number of carbonyl (C=O) groups is 1. The highest BCUT2D eigenvalue weighted by Gasteiger charge is 2.21. The molecule has 0 saturated heterocycles. The molecule has 0 aliphatic heterocycles. The fourth-order valence-corrected chi connectivity index (χ4v) is 3.66. The number of aromatic nitrogens is 2. The third-order valence-corrected chi connectivity index (χ3v) is 5.49. The molecule has 0 spiro atoms. The van der Waals surface area contributed by atoms with Crippen LogP contribution in [0.25, 0.3) is 5.52 Å². The summed E-state index contributed by atoms with van der Waals surface area (Å²) >= 11 is 0. The number of pyridine rings is 1. The van der Waals surface area contributed by atoms with E-state index in [1.54, 1.807) is 36.5 Å². The van der Waals surface area contributed by atoms with Gasteiger partial charge >= 0.3 is 0 Å². The zero-order valence-corrected chi connectivity index (χ0v) is 18.9. The zero-order chi connectivity index (χ0) is 23.4. The number of H-pyrrole nitrogens is 1. The monoisotopic (exact) mass is 445 g/mol. The summed E-state index contributed by atoms with van der Waals surface area (Å²) in [7, 11) is 0. The first-order valence-corrected chi connectivity index (χ1v) is 11.0. The fraction of sp³-hybridized carbons (Fsp3) is 0.231. The minimum atomic E-state index is -0.504. The molecule has 0 aliphatic carbocycles. The Labute approximate surface area is 192 Å². The first-order valence-electron chi connectivity index (χ1n) is 11.0. The van der Waals surface area contributed by atoms with Crippen LogP contribution in [-0.2, 0) is 0 Å². The van der Waals surface area contributed by atoms with Gasteiger partial charge in [0, 0.05) is 12.3 Å². The van der Waals surface area contributed by atoms with Crippen molar-refractivity contribution in [2.24, 2.45) is 0 Å². The van der Waals surface area contributed by atoms with Crippen molar-refractivity contribution in [1.82, 2.24) is 9.61 Å². The van der Waals surface area contributed by atoms with Crippen molar-refractivity contribution >= 4 is 17.1 Å². The van der Waals surface area contributed by atoms with Crippen LogP contribution >= 0.6 is 0 Å². The van der Waals surface area contributed by atoms with Crippen molar-refractivity contribution in [3.05, 3.63) is 88.3 Å². The summed E-state index contributed by atoms with van der Waals surface area (Å²) in [5, 5.41) is 5.53. The number of fused-ring (bicyclic) bond motifs is 1. The first-order chi connectivity index (χ1) is 16.0. The zero-order valence-electron chi connectivity index (χ0n) is 18.9. The van der Waals surface area contributed by atoms with Crippen LogP contribution in [0.3, 0.4) is 0 Å². The Hall–Kier alpha value is -4.00. The lowest BCUT2D eigenvalue weighted by Gasteiger charge is -2.21. The van der Waals surface area contributed by atoms with E-state index in [4.69, 9.17) is 9.47 Å². The number of ether oxygens (including phenoxy) is 2. The smallest absolute Gasteiger partial charge is 0.277 e. The van der Waals surface area contributed by atoms with Gasteiger partial charge in [-0.05, 0) is 55.7 Å². The second-order valence-corrected chi connectivity index (χ2v) is 7.81. The molecule has 0 atom stereocenters. The second-order valence-electron chi connectivity index (χ2n) is 7.81. The lowest BCUT2D eigenvalue weighted by molar-refractivity contribution is 0.102. The molecule has 0 saturated carbocycles. The van der Waals surface area contributed by atoms with Crippen LogP contribution in [0.4, 0.5) is 5.69 Å². The molecule has 2 aromatic carbocycles. The molecule has 170 valence electrons. The maximum atomic E-state index is 13.1. The third-order valence-electron chi connectivity index (χ3n) is 5.49. The summed E-state index contributed by atoms with van der Waals surface area (Å²) in [6.45, 7) is 6.00. The number of aryl methyl sites for hydroxylation is 1. The van der Waals surface area contributed by atoms with Gasteiger partial charge in [0.2, 0.25) is 0 Å². The van der Waals surface area contributed by atoms with Crippen LogP contribution in [0, 0.1) is 6.92 Å². The van der Waals surface area contributed by atoms with Gasteiger partial charge in [0.1, 0.15) is 22.8 Å². The molecule has 4 aromatic rings. The number of para-hydroxylation sites is 1. The van der Waals surface area contributed by atoms with Gasteiger partial charge in [-0.3, -0.25) is 19.2 Å². The molecule has 2 N–H and O–H groups in total. The molecule has 0 fully saturated rings. The molecule has 7 nitrogen and oxygen atoms in total. The number of hydrogen-bond donors (Lipinski definition) is 2. The number of hydrogen-bond acceptors (Lipinski definition) is 4. The molecule has 0 radical (unpaired) electrons. The lowest BCUT2D eigenvalue weighted by Crippen LogP contribution is -2.21. The third kappa shape index (κ3) is 4.77. The van der Waals surface area contributed by atoms with Gasteiger partial charge in [-0.1, -0.05) is 38.1 Å². The van der Waals surface area contributed by atoms with Gasteiger partial charge in [-0.25, -0.2) is 0 Å². The summed E-state index contributed by atoms with van der Waals surface area (Å²) in [6.07, 6.45) is 3.30. The van der Waals surface area contributed by atoms with E-state index in [0.717, 1.165) is 18.4 Å². The van der Waals surface area contributed by atoms with E-state index in [1.807, 2.05) is 37.3 Å². The van der Waals surface area contributed by atoms with Crippen LogP contribution in [-0.4, -0.2) is 21.6 Å². The quantitative estimate of drug-likeness (QED) is 0.372. The summed E-state index contributed by atoms with van der Waals surface area (Å²) in [6, 6.07) is 18.4. The molecule has 4 rings (SSSR count). The standard InChI is InChI=1S/C26H27N3O4/c1-4-18(5-2)32-23-16-22(33-19-11-7-6-8-12-19)17(3)15-20(23)27-25(30)24-21-13-9-10-14-29(21)28-26(24)31/h6-16,18H,4-5H2,1-3H3,(H,27,30)(H,28,31). The number of amides is 1. The van der Waals surface area contributed by atoms with E-state index >= 15 is 0 Å². The molecule has 0 unspecified atom stereocenters. The van der Waals surface area contributed by atoms with Crippen LogP contribution in [0.2, 0.25) is 0 Å². The number of nitrogens with zero attached hydrogens (tertiary/aromatic N) is 1. The minimum absolute atomic E-state index is 0.0216. The molecule has 2 heterocycles. The Bertz CT molecular complexity index is 1320. The summed E-state index contributed by atoms with van der Waals surface area (Å²) < 4.78 is 13.8. The van der Waals surface area contributed by atoms with Crippen LogP contribution < -0.4 is 20.3 Å². The Morgan fingerprint density at radius 3 is 2.48 bits per heavy atom. The average molecular weight is 446 g/mol. The van der Waals surface area contributed by atoms with Crippen molar-refractivity contribution < 1.29 is 14.3 Å². The predicted octanol–water partition coefficient (Wildman–Crippen LogP) is 5.55. The highest BCUT2D eigenvalue weighted by Crippen LogP contribution is 2.36. The van der Waals surface area contributed by atoms with Gasteiger partial charge in [0.15, 0.2) is 0 Å². The van der Waals surface area contributed by atoms with E-state index in [9.17, 15) is 9.59 Å². The molecule has 1 amide bonds. The van der Waals surface area contributed by atoms with E-state index < -0.39 is 11.5 Å². The molecule has 2 aromatic heterocycles. The molecule has 7 heteroatoms. The van der Waals surface area contributed by atoms with Crippen LogP contribution in [0.15, 0.2) is 71.7 Å². The lowest BCUT2D eigenvalue weighted by atomic mass is 10.1. The van der Waals surface area contributed by atoms with Gasteiger partial charge in [-0.15, -0.1) is 0 Å². The van der Waals surface area contributed by atoms with Crippen molar-refractivity contribution in [3.8, 4) is 17.2 Å². The van der Waals surface area contributed by atoms with E-state index in [0.29, 0.717) is 28.5 Å². The normalized spacial score (nSPS) is 11.0. The van der Waals surface area contributed by atoms with E-state index in [1.165, 1.54) is 4.52 Å². The highest BCUT2D eigenvalue weighted by molar-refractivity contribution is 6.09. The average Bonchev–Trinajstić information content (AvgIpc) is 3.16. The summed E-state index contributed by atoms with van der Waals surface area (Å²) in [4.78, 5) is 25.6. The fourth-order valence-electron chi connectivity index (χ4n) is 3.66. The number of aromatic amines is 1.